The van der Waals surface area contributed by atoms with Gasteiger partial charge in [0.1, 0.15) is 5.82 Å². The molecule has 0 fully saturated rings. The molecule has 0 saturated heterocycles. The van der Waals surface area contributed by atoms with E-state index in [1.54, 1.807) is 25.1 Å². The van der Waals surface area contributed by atoms with Gasteiger partial charge in [0, 0.05) is 41.9 Å². The van der Waals surface area contributed by atoms with Crippen molar-refractivity contribution < 1.29 is 19.2 Å². The molecule has 0 spiro atoms. The summed E-state index contributed by atoms with van der Waals surface area (Å²) in [4.78, 5) is 35.7. The van der Waals surface area contributed by atoms with Gasteiger partial charge in [0.25, 0.3) is 11.6 Å². The average molecular weight is 484 g/mol. The van der Waals surface area contributed by atoms with Crippen LogP contribution in [0.5, 0.6) is 0 Å². The van der Waals surface area contributed by atoms with Crippen molar-refractivity contribution in [3.63, 3.8) is 0 Å². The van der Waals surface area contributed by atoms with Crippen LogP contribution in [0.15, 0.2) is 36.4 Å². The molecule has 1 amide bonds. The summed E-state index contributed by atoms with van der Waals surface area (Å²) in [6.07, 6.45) is 4.03. The van der Waals surface area contributed by atoms with Crippen molar-refractivity contribution in [1.82, 2.24) is 14.8 Å². The highest BCUT2D eigenvalue weighted by Crippen LogP contribution is 2.31. The molecule has 11 heteroatoms. The summed E-state index contributed by atoms with van der Waals surface area (Å²) < 4.78 is 6.96. The number of carbonyl (C=O) groups excluding carboxylic acids is 2. The standard InChI is InChI=1S/C23H22ClN5O5/c1-2-34-23(31)15-10-14(11-17(12-15)29(32)33)22(30)25-16-7-8-19(24)18(13-16)21-27-26-20-6-4-3-5-9-28(20)21/h7-8,10-13H,2-6,9H2,1H3,(H,25,30). The molecule has 1 aliphatic heterocycles. The number of nitro benzene ring substituents is 1. The molecule has 0 bridgehead atoms. The first-order chi connectivity index (χ1) is 16.4. The van der Waals surface area contributed by atoms with Gasteiger partial charge in [-0.3, -0.25) is 14.9 Å². The quantitative estimate of drug-likeness (QED) is 0.306. The number of benzene rings is 2. The molecule has 0 saturated carbocycles. The second-order valence-electron chi connectivity index (χ2n) is 7.80. The van der Waals surface area contributed by atoms with E-state index in [-0.39, 0.29) is 17.7 Å². The fourth-order valence-corrected chi connectivity index (χ4v) is 4.04. The van der Waals surface area contributed by atoms with Crippen molar-refractivity contribution in [2.75, 3.05) is 11.9 Å². The Morgan fingerprint density at radius 1 is 1.15 bits per heavy atom. The summed E-state index contributed by atoms with van der Waals surface area (Å²) >= 11 is 6.45. The van der Waals surface area contributed by atoms with Crippen LogP contribution in [0.2, 0.25) is 5.02 Å². The third-order valence-electron chi connectivity index (χ3n) is 5.48. The lowest BCUT2D eigenvalue weighted by Gasteiger charge is -2.11. The number of fused-ring (bicyclic) bond motifs is 1. The zero-order chi connectivity index (χ0) is 24.2. The van der Waals surface area contributed by atoms with Crippen molar-refractivity contribution in [2.45, 2.75) is 39.2 Å². The number of nitrogens with one attached hydrogen (secondary N) is 1. The second-order valence-corrected chi connectivity index (χ2v) is 8.20. The molecule has 0 aliphatic carbocycles. The number of aromatic nitrogens is 3. The van der Waals surface area contributed by atoms with E-state index in [9.17, 15) is 19.7 Å². The molecule has 0 radical (unpaired) electrons. The highest BCUT2D eigenvalue weighted by molar-refractivity contribution is 6.33. The normalized spacial score (nSPS) is 13.0. The van der Waals surface area contributed by atoms with Crippen LogP contribution in [0.4, 0.5) is 11.4 Å². The van der Waals surface area contributed by atoms with E-state index >= 15 is 0 Å². The van der Waals surface area contributed by atoms with Crippen molar-refractivity contribution in [3.05, 3.63) is 68.5 Å². The maximum Gasteiger partial charge on any atom is 0.338 e. The van der Waals surface area contributed by atoms with E-state index in [0.29, 0.717) is 22.1 Å². The number of rotatable bonds is 6. The van der Waals surface area contributed by atoms with Crippen LogP contribution >= 0.6 is 11.6 Å². The molecular weight excluding hydrogens is 462 g/mol. The summed E-state index contributed by atoms with van der Waals surface area (Å²) in [5, 5.41) is 23.1. The van der Waals surface area contributed by atoms with Crippen LogP contribution in [0, 0.1) is 10.1 Å². The Hall–Kier alpha value is -3.79. The van der Waals surface area contributed by atoms with Gasteiger partial charge in [-0.2, -0.15) is 0 Å². The van der Waals surface area contributed by atoms with Crippen molar-refractivity contribution in [1.29, 1.82) is 0 Å². The molecule has 34 heavy (non-hydrogen) atoms. The van der Waals surface area contributed by atoms with Gasteiger partial charge in [-0.05, 0) is 44.0 Å². The SMILES string of the molecule is CCOC(=O)c1cc(C(=O)Nc2ccc(Cl)c(-c3nnc4n3CCCCC4)c2)cc([N+](=O)[O-])c1. The number of halogens is 1. The lowest BCUT2D eigenvalue weighted by molar-refractivity contribution is -0.384. The molecule has 176 valence electrons. The molecule has 1 N–H and O–H groups in total. The van der Waals surface area contributed by atoms with Gasteiger partial charge in [-0.1, -0.05) is 18.0 Å². The minimum absolute atomic E-state index is 0.0508. The van der Waals surface area contributed by atoms with Crippen LogP contribution in [-0.4, -0.2) is 38.2 Å². The smallest absolute Gasteiger partial charge is 0.338 e. The predicted molar refractivity (Wildman–Crippen MR) is 125 cm³/mol. The number of non-ortho nitro benzene ring substituents is 1. The highest BCUT2D eigenvalue weighted by atomic mass is 35.5. The number of amides is 1. The number of nitro groups is 1. The highest BCUT2D eigenvalue weighted by Gasteiger charge is 2.21. The number of nitrogens with zero attached hydrogens (tertiary/aromatic N) is 4. The monoisotopic (exact) mass is 483 g/mol. The van der Waals surface area contributed by atoms with Crippen LogP contribution in [0.25, 0.3) is 11.4 Å². The third kappa shape index (κ3) is 4.91. The molecule has 0 atom stereocenters. The van der Waals surface area contributed by atoms with Crippen LogP contribution in [0.3, 0.4) is 0 Å². The number of esters is 1. The van der Waals surface area contributed by atoms with Crippen LogP contribution in [-0.2, 0) is 17.7 Å². The first kappa shape index (κ1) is 23.4. The molecule has 1 aliphatic rings. The van der Waals surface area contributed by atoms with Crippen molar-refractivity contribution in [2.24, 2.45) is 0 Å². The average Bonchev–Trinajstić information content (AvgIpc) is 3.07. The zero-order valence-electron chi connectivity index (χ0n) is 18.4. The second kappa shape index (κ2) is 10.0. The molecule has 2 heterocycles. The van der Waals surface area contributed by atoms with E-state index in [2.05, 4.69) is 15.5 Å². The Bertz CT molecular complexity index is 1270. The Kier molecular flexibility index (Phi) is 6.87. The van der Waals surface area contributed by atoms with Crippen molar-refractivity contribution in [3.8, 4) is 11.4 Å². The number of carbonyl (C=O) groups is 2. The van der Waals surface area contributed by atoms with Crippen LogP contribution < -0.4 is 5.32 Å². The predicted octanol–water partition coefficient (Wildman–Crippen LogP) is 4.66. The number of anilines is 1. The fourth-order valence-electron chi connectivity index (χ4n) is 3.84. The van der Waals surface area contributed by atoms with E-state index in [0.717, 1.165) is 50.2 Å². The number of hydrogen-bond donors (Lipinski definition) is 1. The summed E-state index contributed by atoms with van der Waals surface area (Å²) in [7, 11) is 0. The van der Waals surface area contributed by atoms with Crippen LogP contribution in [0.1, 0.15) is 52.7 Å². The van der Waals surface area contributed by atoms with Gasteiger partial charge in [-0.25, -0.2) is 4.79 Å². The first-order valence-corrected chi connectivity index (χ1v) is 11.2. The molecule has 4 rings (SSSR count). The topological polar surface area (TPSA) is 129 Å². The number of aryl methyl sites for hydroxylation is 1. The number of ether oxygens (including phenoxy) is 1. The third-order valence-corrected chi connectivity index (χ3v) is 5.81. The Balaban J connectivity index is 1.64. The minimum Gasteiger partial charge on any atom is -0.462 e. The van der Waals surface area contributed by atoms with Gasteiger partial charge >= 0.3 is 5.97 Å². The van der Waals surface area contributed by atoms with Gasteiger partial charge in [-0.15, -0.1) is 10.2 Å². The molecule has 2 aromatic carbocycles. The Labute approximate surface area is 200 Å². The summed E-state index contributed by atoms with van der Waals surface area (Å²) in [5.41, 5.74) is 0.513. The van der Waals surface area contributed by atoms with E-state index in [1.807, 2.05) is 4.57 Å². The van der Waals surface area contributed by atoms with Crippen molar-refractivity contribution >= 4 is 34.9 Å². The van der Waals surface area contributed by atoms with E-state index < -0.39 is 22.5 Å². The van der Waals surface area contributed by atoms with Gasteiger partial charge < -0.3 is 14.6 Å². The molecule has 3 aromatic rings. The molecule has 1 aromatic heterocycles. The van der Waals surface area contributed by atoms with E-state index in [4.69, 9.17) is 16.3 Å². The summed E-state index contributed by atoms with van der Waals surface area (Å²) in [6.45, 7) is 2.51. The molecule has 0 unspecified atom stereocenters. The van der Waals surface area contributed by atoms with Gasteiger partial charge in [0.2, 0.25) is 0 Å². The summed E-state index contributed by atoms with van der Waals surface area (Å²) in [5.74, 6) is 0.156. The van der Waals surface area contributed by atoms with E-state index in [1.165, 1.54) is 6.07 Å². The largest absolute Gasteiger partial charge is 0.462 e. The minimum atomic E-state index is -0.749. The Morgan fingerprint density at radius 2 is 1.94 bits per heavy atom. The Morgan fingerprint density at radius 3 is 2.71 bits per heavy atom. The molecule has 10 nitrogen and oxygen atoms in total. The fraction of sp³-hybridized carbons (Fsp3) is 0.304. The zero-order valence-corrected chi connectivity index (χ0v) is 19.2. The summed E-state index contributed by atoms with van der Waals surface area (Å²) in [6, 6.07) is 8.39. The van der Waals surface area contributed by atoms with Gasteiger partial charge in [0.15, 0.2) is 5.82 Å². The first-order valence-electron chi connectivity index (χ1n) is 10.9. The maximum atomic E-state index is 12.9. The lowest BCUT2D eigenvalue weighted by Crippen LogP contribution is -2.14. The maximum absolute atomic E-state index is 12.9. The molecular formula is C23H22ClN5O5. The number of hydrogen-bond acceptors (Lipinski definition) is 7. The lowest BCUT2D eigenvalue weighted by atomic mass is 10.1. The van der Waals surface area contributed by atoms with Gasteiger partial charge in [0.05, 0.1) is 22.1 Å².